The number of oxime groups is 1. The lowest BCUT2D eigenvalue weighted by atomic mass is 10.0. The molecule has 0 bridgehead atoms. The Hall–Kier alpha value is -1.40. The van der Waals surface area contributed by atoms with Gasteiger partial charge >= 0.3 is 0 Å². The molecule has 0 fully saturated rings. The summed E-state index contributed by atoms with van der Waals surface area (Å²) in [5.41, 5.74) is 6.71. The Morgan fingerprint density at radius 2 is 2.10 bits per heavy atom. The van der Waals surface area contributed by atoms with Crippen LogP contribution in [0.2, 0.25) is 0 Å². The number of nitrogens with two attached hydrogens (primary N) is 1. The summed E-state index contributed by atoms with van der Waals surface area (Å²) in [5.74, 6) is 0.858. The molecular weight excluding hydrogens is 274 g/mol. The molecule has 0 spiro atoms. The quantitative estimate of drug-likeness (QED) is 0.294. The Morgan fingerprint density at radius 1 is 1.45 bits per heavy atom. The fourth-order valence-corrected chi connectivity index (χ4v) is 2.66. The van der Waals surface area contributed by atoms with Gasteiger partial charge in [-0.3, -0.25) is 4.21 Å². The third kappa shape index (κ3) is 6.16. The molecule has 0 aliphatic heterocycles. The van der Waals surface area contributed by atoms with Crippen molar-refractivity contribution < 1.29 is 9.42 Å². The van der Waals surface area contributed by atoms with Crippen LogP contribution in [-0.2, 0) is 10.8 Å². The lowest BCUT2D eigenvalue weighted by Gasteiger charge is -2.23. The minimum absolute atomic E-state index is 0.0209. The van der Waals surface area contributed by atoms with E-state index in [0.29, 0.717) is 12.2 Å². The highest BCUT2D eigenvalue weighted by Crippen LogP contribution is 2.17. The summed E-state index contributed by atoms with van der Waals surface area (Å²) in [5, 5.41) is 15.2. The second kappa shape index (κ2) is 8.71. The average molecular weight is 297 g/mol. The molecule has 20 heavy (non-hydrogen) atoms. The van der Waals surface area contributed by atoms with Crippen LogP contribution in [0.4, 0.5) is 0 Å². The predicted molar refractivity (Wildman–Crippen MR) is 83.4 cm³/mol. The van der Waals surface area contributed by atoms with Gasteiger partial charge in [0.2, 0.25) is 0 Å². The van der Waals surface area contributed by atoms with Crippen LogP contribution in [0.25, 0.3) is 0 Å². The van der Waals surface area contributed by atoms with Crippen LogP contribution in [0, 0.1) is 0 Å². The number of hydrogen-bond donors (Lipinski definition) is 3. The van der Waals surface area contributed by atoms with Crippen molar-refractivity contribution in [3.8, 4) is 0 Å². The van der Waals surface area contributed by atoms with Gasteiger partial charge in [-0.2, -0.15) is 0 Å². The van der Waals surface area contributed by atoms with Gasteiger partial charge in [0.1, 0.15) is 5.84 Å². The van der Waals surface area contributed by atoms with E-state index in [1.807, 2.05) is 30.3 Å². The molecule has 6 heteroatoms. The zero-order valence-corrected chi connectivity index (χ0v) is 12.8. The van der Waals surface area contributed by atoms with E-state index in [2.05, 4.69) is 17.4 Å². The number of nitrogens with zero attached hydrogens (tertiary/aromatic N) is 1. The van der Waals surface area contributed by atoms with Crippen molar-refractivity contribution in [3.63, 3.8) is 0 Å². The highest BCUT2D eigenvalue weighted by Gasteiger charge is 2.16. The number of benzene rings is 1. The van der Waals surface area contributed by atoms with Crippen molar-refractivity contribution in [2.45, 2.75) is 31.8 Å². The van der Waals surface area contributed by atoms with Crippen LogP contribution in [0.5, 0.6) is 0 Å². The minimum atomic E-state index is -0.786. The van der Waals surface area contributed by atoms with Crippen molar-refractivity contribution in [2.75, 3.05) is 12.0 Å². The number of rotatable bonds is 8. The predicted octanol–water partition coefficient (Wildman–Crippen LogP) is 1.61. The normalized spacial score (nSPS) is 16.6. The summed E-state index contributed by atoms with van der Waals surface area (Å²) in [6, 6.07) is 10.1. The molecule has 0 radical (unpaired) electrons. The zero-order chi connectivity index (χ0) is 15.0. The van der Waals surface area contributed by atoms with E-state index < -0.39 is 10.8 Å². The van der Waals surface area contributed by atoms with Gasteiger partial charge in [0.25, 0.3) is 0 Å². The topological polar surface area (TPSA) is 87.7 Å². The van der Waals surface area contributed by atoms with Crippen LogP contribution in [0.1, 0.15) is 31.4 Å². The van der Waals surface area contributed by atoms with Crippen molar-refractivity contribution >= 4 is 16.6 Å². The molecule has 3 unspecified atom stereocenters. The van der Waals surface area contributed by atoms with E-state index in [1.165, 1.54) is 0 Å². The molecule has 1 aromatic rings. The van der Waals surface area contributed by atoms with Crippen LogP contribution >= 0.6 is 0 Å². The van der Waals surface area contributed by atoms with E-state index in [4.69, 9.17) is 10.9 Å². The molecule has 1 aromatic carbocycles. The maximum Gasteiger partial charge on any atom is 0.141 e. The second-order valence-electron chi connectivity index (χ2n) is 4.89. The van der Waals surface area contributed by atoms with Crippen LogP contribution in [-0.4, -0.2) is 33.3 Å². The Bertz CT molecular complexity index is 451. The molecule has 4 N–H and O–H groups in total. The summed E-state index contributed by atoms with van der Waals surface area (Å²) < 4.78 is 11.1. The maximum atomic E-state index is 11.1. The molecule has 0 aromatic heterocycles. The van der Waals surface area contributed by atoms with Crippen molar-refractivity contribution in [2.24, 2.45) is 10.9 Å². The summed E-state index contributed by atoms with van der Waals surface area (Å²) >= 11 is 0. The molecular formula is C14H23N3O2S. The molecule has 112 valence electrons. The largest absolute Gasteiger partial charge is 0.409 e. The smallest absolute Gasteiger partial charge is 0.141 e. The van der Waals surface area contributed by atoms with E-state index in [9.17, 15) is 4.21 Å². The number of hydrogen-bond acceptors (Lipinski definition) is 4. The molecule has 0 amide bonds. The minimum Gasteiger partial charge on any atom is -0.409 e. The van der Waals surface area contributed by atoms with Gasteiger partial charge in [0, 0.05) is 41.3 Å². The molecule has 0 aliphatic rings. The highest BCUT2D eigenvalue weighted by molar-refractivity contribution is 7.84. The fourth-order valence-electron chi connectivity index (χ4n) is 1.98. The van der Waals surface area contributed by atoms with E-state index in [0.717, 1.165) is 12.0 Å². The van der Waals surface area contributed by atoms with Gasteiger partial charge < -0.3 is 16.3 Å². The Kier molecular flexibility index (Phi) is 7.25. The Balaban J connectivity index is 2.70. The third-order valence-electron chi connectivity index (χ3n) is 3.07. The number of nitrogens with one attached hydrogen (secondary N) is 1. The van der Waals surface area contributed by atoms with E-state index in [-0.39, 0.29) is 17.9 Å². The lowest BCUT2D eigenvalue weighted by molar-refractivity contribution is 0.315. The monoisotopic (exact) mass is 297 g/mol. The average Bonchev–Trinajstić information content (AvgIpc) is 2.45. The summed E-state index contributed by atoms with van der Waals surface area (Å²) in [6.45, 7) is 2.05. The van der Waals surface area contributed by atoms with Crippen LogP contribution in [0.3, 0.4) is 0 Å². The fraction of sp³-hybridized carbons (Fsp3) is 0.500. The van der Waals surface area contributed by atoms with Crippen molar-refractivity contribution in [1.29, 1.82) is 0 Å². The Labute approximate surface area is 122 Å². The van der Waals surface area contributed by atoms with Crippen LogP contribution < -0.4 is 11.1 Å². The summed E-state index contributed by atoms with van der Waals surface area (Å²) in [6.07, 6.45) is 2.96. The SMILES string of the molecule is CC(CCS(C)=O)NC(C/C(N)=N/O)c1ccccc1. The number of amidine groups is 1. The van der Waals surface area contributed by atoms with Crippen molar-refractivity contribution in [1.82, 2.24) is 5.32 Å². The first kappa shape index (κ1) is 16.7. The van der Waals surface area contributed by atoms with Gasteiger partial charge in [-0.25, -0.2) is 0 Å². The molecule has 0 heterocycles. The summed E-state index contributed by atoms with van der Waals surface area (Å²) in [7, 11) is -0.786. The highest BCUT2D eigenvalue weighted by atomic mass is 32.2. The van der Waals surface area contributed by atoms with Crippen molar-refractivity contribution in [3.05, 3.63) is 35.9 Å². The van der Waals surface area contributed by atoms with E-state index >= 15 is 0 Å². The molecule has 3 atom stereocenters. The van der Waals surface area contributed by atoms with Gasteiger partial charge in [0.05, 0.1) is 0 Å². The summed E-state index contributed by atoms with van der Waals surface area (Å²) in [4.78, 5) is 0. The molecule has 0 saturated carbocycles. The molecule has 0 saturated heterocycles. The van der Waals surface area contributed by atoms with E-state index in [1.54, 1.807) is 6.26 Å². The third-order valence-corrected chi connectivity index (χ3v) is 3.88. The molecule has 1 rings (SSSR count). The maximum absolute atomic E-state index is 11.1. The Morgan fingerprint density at radius 3 is 2.65 bits per heavy atom. The first-order chi connectivity index (χ1) is 9.52. The second-order valence-corrected chi connectivity index (χ2v) is 6.45. The van der Waals surface area contributed by atoms with Gasteiger partial charge in [-0.05, 0) is 18.9 Å². The van der Waals surface area contributed by atoms with Gasteiger partial charge in [0.15, 0.2) is 0 Å². The zero-order valence-electron chi connectivity index (χ0n) is 12.0. The lowest BCUT2D eigenvalue weighted by Crippen LogP contribution is -2.34. The first-order valence-corrected chi connectivity index (χ1v) is 8.33. The molecule has 5 nitrogen and oxygen atoms in total. The first-order valence-electron chi connectivity index (χ1n) is 6.60. The molecule has 0 aliphatic carbocycles. The standard InChI is InChI=1S/C14H23N3O2S/c1-11(8-9-20(2)19)16-13(10-14(15)17-18)12-6-4-3-5-7-12/h3-7,11,13,16,18H,8-10H2,1-2H3,(H2,15,17). The van der Waals surface area contributed by atoms with Gasteiger partial charge in [-0.1, -0.05) is 35.5 Å². The van der Waals surface area contributed by atoms with Crippen LogP contribution in [0.15, 0.2) is 35.5 Å². The van der Waals surface area contributed by atoms with Gasteiger partial charge in [-0.15, -0.1) is 0 Å².